The summed E-state index contributed by atoms with van der Waals surface area (Å²) >= 11 is 0. The van der Waals surface area contributed by atoms with E-state index < -0.39 is 9.84 Å². The van der Waals surface area contributed by atoms with Crippen LogP contribution in [-0.2, 0) is 14.6 Å². The summed E-state index contributed by atoms with van der Waals surface area (Å²) in [6.45, 7) is 0.550. The molecule has 1 aliphatic heterocycles. The zero-order chi connectivity index (χ0) is 13.5. The van der Waals surface area contributed by atoms with E-state index in [1.807, 2.05) is 0 Å². The highest BCUT2D eigenvalue weighted by molar-refractivity contribution is 7.91. The highest BCUT2D eigenvalue weighted by atomic mass is 32.2. The van der Waals surface area contributed by atoms with Gasteiger partial charge in [0, 0.05) is 12.5 Å². The number of sulfone groups is 1. The molecule has 0 aromatic carbocycles. The van der Waals surface area contributed by atoms with Gasteiger partial charge in [-0.1, -0.05) is 0 Å². The van der Waals surface area contributed by atoms with E-state index in [-0.39, 0.29) is 23.5 Å². The molecule has 1 saturated heterocycles. The van der Waals surface area contributed by atoms with Crippen LogP contribution in [-0.4, -0.2) is 32.4 Å². The third-order valence-electron chi connectivity index (χ3n) is 4.68. The maximum absolute atomic E-state index is 12.2. The predicted octanol–water partition coefficient (Wildman–Crippen LogP) is 1.36. The van der Waals surface area contributed by atoms with E-state index in [1.165, 1.54) is 25.7 Å². The van der Waals surface area contributed by atoms with E-state index in [9.17, 15) is 13.2 Å². The molecular formula is C14H23NO3S. The molecule has 3 aliphatic rings. The molecular weight excluding hydrogens is 262 g/mol. The molecule has 0 bridgehead atoms. The Morgan fingerprint density at radius 2 is 1.74 bits per heavy atom. The van der Waals surface area contributed by atoms with Crippen molar-refractivity contribution in [2.45, 2.75) is 38.5 Å². The van der Waals surface area contributed by atoms with Crippen molar-refractivity contribution in [2.75, 3.05) is 18.1 Å². The summed E-state index contributed by atoms with van der Waals surface area (Å²) in [4.78, 5) is 12.2. The first kappa shape index (κ1) is 13.4. The first-order chi connectivity index (χ1) is 9.05. The molecule has 1 unspecified atom stereocenters. The van der Waals surface area contributed by atoms with E-state index in [1.54, 1.807) is 0 Å². The van der Waals surface area contributed by atoms with Gasteiger partial charge in [-0.2, -0.15) is 0 Å². The van der Waals surface area contributed by atoms with Crippen LogP contribution >= 0.6 is 0 Å². The van der Waals surface area contributed by atoms with Crippen molar-refractivity contribution in [3.05, 3.63) is 0 Å². The summed E-state index contributed by atoms with van der Waals surface area (Å²) in [7, 11) is -2.86. The number of amides is 1. The van der Waals surface area contributed by atoms with E-state index in [2.05, 4.69) is 5.32 Å². The van der Waals surface area contributed by atoms with Gasteiger partial charge in [-0.25, -0.2) is 8.42 Å². The quantitative estimate of drug-likeness (QED) is 0.829. The average molecular weight is 285 g/mol. The van der Waals surface area contributed by atoms with Gasteiger partial charge >= 0.3 is 0 Å². The molecule has 2 aliphatic carbocycles. The maximum atomic E-state index is 12.2. The highest BCUT2D eigenvalue weighted by Gasteiger charge is 2.45. The Balaban J connectivity index is 1.49. The predicted molar refractivity (Wildman–Crippen MR) is 73.3 cm³/mol. The lowest BCUT2D eigenvalue weighted by molar-refractivity contribution is -0.126. The molecule has 1 N–H and O–H groups in total. The van der Waals surface area contributed by atoms with Gasteiger partial charge < -0.3 is 5.32 Å². The van der Waals surface area contributed by atoms with Gasteiger partial charge in [-0.05, 0) is 56.3 Å². The van der Waals surface area contributed by atoms with Crippen LogP contribution in [0.5, 0.6) is 0 Å². The Morgan fingerprint density at radius 3 is 2.26 bits per heavy atom. The second-order valence-corrected chi connectivity index (χ2v) is 8.80. The van der Waals surface area contributed by atoms with Gasteiger partial charge in [0.25, 0.3) is 0 Å². The Labute approximate surface area is 115 Å². The van der Waals surface area contributed by atoms with Crippen LogP contribution in [0, 0.1) is 23.7 Å². The molecule has 0 spiro atoms. The van der Waals surface area contributed by atoms with E-state index >= 15 is 0 Å². The van der Waals surface area contributed by atoms with Crippen molar-refractivity contribution in [1.29, 1.82) is 0 Å². The van der Waals surface area contributed by atoms with Gasteiger partial charge in [0.05, 0.1) is 11.5 Å². The zero-order valence-electron chi connectivity index (χ0n) is 11.3. The van der Waals surface area contributed by atoms with Crippen molar-refractivity contribution in [1.82, 2.24) is 5.32 Å². The van der Waals surface area contributed by atoms with Crippen LogP contribution in [0.25, 0.3) is 0 Å². The van der Waals surface area contributed by atoms with Gasteiger partial charge in [0.2, 0.25) is 5.91 Å². The highest BCUT2D eigenvalue weighted by Crippen LogP contribution is 2.49. The molecule has 1 amide bonds. The largest absolute Gasteiger partial charge is 0.356 e. The monoisotopic (exact) mass is 285 g/mol. The molecule has 108 valence electrons. The molecule has 3 fully saturated rings. The number of rotatable bonds is 5. The van der Waals surface area contributed by atoms with Crippen LogP contribution in [0.4, 0.5) is 0 Å². The molecule has 1 heterocycles. The first-order valence-corrected chi connectivity index (χ1v) is 9.35. The van der Waals surface area contributed by atoms with Gasteiger partial charge in [-0.15, -0.1) is 0 Å². The fourth-order valence-corrected chi connectivity index (χ4v) is 5.14. The van der Waals surface area contributed by atoms with E-state index in [4.69, 9.17) is 0 Å². The second kappa shape index (κ2) is 5.08. The minimum atomic E-state index is -2.86. The topological polar surface area (TPSA) is 63.2 Å². The summed E-state index contributed by atoms with van der Waals surface area (Å²) in [5.41, 5.74) is 0. The second-order valence-electron chi connectivity index (χ2n) is 6.57. The van der Waals surface area contributed by atoms with Crippen LogP contribution < -0.4 is 5.32 Å². The summed E-state index contributed by atoms with van der Waals surface area (Å²) in [6, 6.07) is 0. The third kappa shape index (κ3) is 3.50. The van der Waals surface area contributed by atoms with Gasteiger partial charge in [0.15, 0.2) is 9.84 Å². The SMILES string of the molecule is O=C(NCC1CCCS(=O)(=O)C1)C(C1CC1)C1CC1. The van der Waals surface area contributed by atoms with Gasteiger partial charge in [0.1, 0.15) is 0 Å². The van der Waals surface area contributed by atoms with E-state index in [0.29, 0.717) is 24.1 Å². The lowest BCUT2D eigenvalue weighted by Crippen LogP contribution is -2.39. The van der Waals surface area contributed by atoms with Crippen molar-refractivity contribution in [3.63, 3.8) is 0 Å². The molecule has 3 rings (SSSR count). The number of carbonyl (C=O) groups excluding carboxylic acids is 1. The molecule has 0 radical (unpaired) electrons. The van der Waals surface area contributed by atoms with Crippen LogP contribution in [0.2, 0.25) is 0 Å². The van der Waals surface area contributed by atoms with Crippen molar-refractivity contribution < 1.29 is 13.2 Å². The Kier molecular flexibility index (Phi) is 3.58. The van der Waals surface area contributed by atoms with Crippen LogP contribution in [0.1, 0.15) is 38.5 Å². The van der Waals surface area contributed by atoms with Crippen LogP contribution in [0.15, 0.2) is 0 Å². The summed E-state index contributed by atoms with van der Waals surface area (Å²) in [5, 5.41) is 3.03. The van der Waals surface area contributed by atoms with Crippen LogP contribution in [0.3, 0.4) is 0 Å². The number of nitrogens with one attached hydrogen (secondary N) is 1. The number of carbonyl (C=O) groups is 1. The Morgan fingerprint density at radius 1 is 1.11 bits per heavy atom. The molecule has 1 atom stereocenters. The fraction of sp³-hybridized carbons (Fsp3) is 0.929. The summed E-state index contributed by atoms with van der Waals surface area (Å²) in [6.07, 6.45) is 6.48. The third-order valence-corrected chi connectivity index (χ3v) is 6.57. The zero-order valence-corrected chi connectivity index (χ0v) is 12.1. The molecule has 2 saturated carbocycles. The molecule has 4 nitrogen and oxygen atoms in total. The van der Waals surface area contributed by atoms with Crippen molar-refractivity contribution in [3.8, 4) is 0 Å². The normalized spacial score (nSPS) is 30.3. The smallest absolute Gasteiger partial charge is 0.223 e. The maximum Gasteiger partial charge on any atom is 0.223 e. The molecule has 0 aromatic rings. The molecule has 5 heteroatoms. The van der Waals surface area contributed by atoms with Gasteiger partial charge in [-0.3, -0.25) is 4.79 Å². The Hall–Kier alpha value is -0.580. The molecule has 19 heavy (non-hydrogen) atoms. The molecule has 0 aromatic heterocycles. The fourth-order valence-electron chi connectivity index (χ4n) is 3.37. The standard InChI is InChI=1S/C14H23NO3S/c16-14(13(11-3-4-11)12-5-6-12)15-8-10-2-1-7-19(17,18)9-10/h10-13H,1-9H2,(H,15,16). The Bertz CT molecular complexity index is 439. The lowest BCUT2D eigenvalue weighted by atomic mass is 9.96. The minimum absolute atomic E-state index is 0.127. The summed E-state index contributed by atoms with van der Waals surface area (Å²) in [5.74, 6) is 2.34. The number of hydrogen-bond donors (Lipinski definition) is 1. The average Bonchev–Trinajstić information content (AvgIpc) is 3.19. The first-order valence-electron chi connectivity index (χ1n) is 7.53. The summed E-state index contributed by atoms with van der Waals surface area (Å²) < 4.78 is 23.1. The van der Waals surface area contributed by atoms with Crippen molar-refractivity contribution in [2.24, 2.45) is 23.7 Å². The van der Waals surface area contributed by atoms with Crippen molar-refractivity contribution >= 4 is 15.7 Å². The van der Waals surface area contributed by atoms with E-state index in [0.717, 1.165) is 12.8 Å². The lowest BCUT2D eigenvalue weighted by Gasteiger charge is -2.23. The number of hydrogen-bond acceptors (Lipinski definition) is 3. The minimum Gasteiger partial charge on any atom is -0.356 e.